The summed E-state index contributed by atoms with van der Waals surface area (Å²) >= 11 is 0. The van der Waals surface area contributed by atoms with E-state index in [2.05, 4.69) is 18.8 Å². The van der Waals surface area contributed by atoms with Crippen molar-refractivity contribution in [3.05, 3.63) is 17.8 Å². The number of nitrogen functional groups attached to an aromatic ring is 1. The molecule has 0 saturated heterocycles. The van der Waals surface area contributed by atoms with Gasteiger partial charge in [-0.25, -0.2) is 9.78 Å². The number of rotatable bonds is 5. The number of esters is 1. The van der Waals surface area contributed by atoms with E-state index in [1.54, 1.807) is 12.3 Å². The van der Waals surface area contributed by atoms with Gasteiger partial charge in [0.15, 0.2) is 0 Å². The zero-order valence-corrected chi connectivity index (χ0v) is 11.4. The molecule has 0 aliphatic rings. The summed E-state index contributed by atoms with van der Waals surface area (Å²) in [5.74, 6) is 0.530. The zero-order chi connectivity index (χ0) is 13.7. The average Bonchev–Trinajstić information content (AvgIpc) is 2.34. The van der Waals surface area contributed by atoms with Crippen LogP contribution in [0.2, 0.25) is 0 Å². The number of carbonyl (C=O) groups is 1. The molecule has 0 fully saturated rings. The topological polar surface area (TPSA) is 68.5 Å². The van der Waals surface area contributed by atoms with Crippen molar-refractivity contribution < 1.29 is 9.53 Å². The molecule has 1 heterocycles. The number of carbonyl (C=O) groups excluding carboxylic acids is 1. The minimum atomic E-state index is -0.393. The van der Waals surface area contributed by atoms with Crippen molar-refractivity contribution in [2.24, 2.45) is 5.92 Å². The lowest BCUT2D eigenvalue weighted by atomic mass is 10.1. The van der Waals surface area contributed by atoms with E-state index >= 15 is 0 Å². The maximum atomic E-state index is 11.7. The quantitative estimate of drug-likeness (QED) is 0.810. The van der Waals surface area contributed by atoms with Crippen molar-refractivity contribution in [1.29, 1.82) is 0 Å². The second-order valence-corrected chi connectivity index (χ2v) is 4.72. The monoisotopic (exact) mass is 251 g/mol. The van der Waals surface area contributed by atoms with E-state index in [0.29, 0.717) is 17.3 Å². The van der Waals surface area contributed by atoms with Crippen LogP contribution in [-0.4, -0.2) is 31.7 Å². The number of hydrogen-bond acceptors (Lipinski definition) is 5. The predicted molar refractivity (Wildman–Crippen MR) is 72.7 cm³/mol. The number of anilines is 2. The maximum absolute atomic E-state index is 11.7. The largest absolute Gasteiger partial charge is 0.465 e. The summed E-state index contributed by atoms with van der Waals surface area (Å²) < 4.78 is 4.76. The van der Waals surface area contributed by atoms with E-state index < -0.39 is 5.97 Å². The Morgan fingerprint density at radius 2 is 2.22 bits per heavy atom. The molecule has 0 bridgehead atoms. The van der Waals surface area contributed by atoms with Gasteiger partial charge in [0.2, 0.25) is 0 Å². The van der Waals surface area contributed by atoms with E-state index in [4.69, 9.17) is 10.5 Å². The Morgan fingerprint density at radius 3 is 2.78 bits per heavy atom. The Balaban J connectivity index is 2.96. The zero-order valence-electron chi connectivity index (χ0n) is 11.4. The third kappa shape index (κ3) is 3.61. The van der Waals surface area contributed by atoms with Crippen LogP contribution in [0.5, 0.6) is 0 Å². The molecule has 5 nitrogen and oxygen atoms in total. The summed E-state index contributed by atoms with van der Waals surface area (Å²) in [4.78, 5) is 17.7. The summed E-state index contributed by atoms with van der Waals surface area (Å²) in [7, 11) is 3.29. The van der Waals surface area contributed by atoms with Crippen LogP contribution in [0, 0.1) is 5.92 Å². The van der Waals surface area contributed by atoms with Crippen LogP contribution >= 0.6 is 0 Å². The second-order valence-electron chi connectivity index (χ2n) is 4.72. The number of ether oxygens (including phenoxy) is 1. The summed E-state index contributed by atoms with van der Waals surface area (Å²) in [6.07, 6.45) is 2.66. The number of methoxy groups -OCH3 is 1. The minimum absolute atomic E-state index is 0.316. The Bertz CT molecular complexity index is 419. The fraction of sp³-hybridized carbons (Fsp3) is 0.538. The van der Waals surface area contributed by atoms with E-state index in [1.807, 2.05) is 11.9 Å². The first-order valence-corrected chi connectivity index (χ1v) is 6.00. The van der Waals surface area contributed by atoms with Crippen molar-refractivity contribution >= 4 is 17.5 Å². The van der Waals surface area contributed by atoms with Crippen LogP contribution in [0.4, 0.5) is 11.5 Å². The van der Waals surface area contributed by atoms with E-state index in [1.165, 1.54) is 7.11 Å². The lowest BCUT2D eigenvalue weighted by molar-refractivity contribution is 0.0601. The van der Waals surface area contributed by atoms with Gasteiger partial charge in [-0.1, -0.05) is 13.8 Å². The van der Waals surface area contributed by atoms with Gasteiger partial charge < -0.3 is 15.4 Å². The van der Waals surface area contributed by atoms with Crippen LogP contribution in [0.3, 0.4) is 0 Å². The molecule has 2 N–H and O–H groups in total. The lowest BCUT2D eigenvalue weighted by Crippen LogP contribution is -2.23. The normalized spacial score (nSPS) is 10.5. The van der Waals surface area contributed by atoms with Gasteiger partial charge in [0.25, 0.3) is 0 Å². The maximum Gasteiger partial charge on any atom is 0.340 e. The second kappa shape index (κ2) is 6.23. The van der Waals surface area contributed by atoms with Crippen LogP contribution in [-0.2, 0) is 4.74 Å². The summed E-state index contributed by atoms with van der Waals surface area (Å²) in [5.41, 5.74) is 6.81. The Morgan fingerprint density at radius 1 is 1.56 bits per heavy atom. The van der Waals surface area contributed by atoms with Crippen molar-refractivity contribution in [3.63, 3.8) is 0 Å². The molecule has 0 aliphatic carbocycles. The fourth-order valence-electron chi connectivity index (χ4n) is 1.61. The number of nitrogens with zero attached hydrogens (tertiary/aromatic N) is 2. The number of hydrogen-bond donors (Lipinski definition) is 1. The molecule has 0 aromatic carbocycles. The first kappa shape index (κ1) is 14.3. The molecule has 1 aromatic heterocycles. The Labute approximate surface area is 108 Å². The van der Waals surface area contributed by atoms with Gasteiger partial charge in [-0.15, -0.1) is 0 Å². The van der Waals surface area contributed by atoms with E-state index in [-0.39, 0.29) is 0 Å². The van der Waals surface area contributed by atoms with Crippen LogP contribution in [0.15, 0.2) is 12.3 Å². The van der Waals surface area contributed by atoms with Gasteiger partial charge in [0.1, 0.15) is 5.82 Å². The molecule has 100 valence electrons. The molecule has 0 radical (unpaired) electrons. The standard InChI is InChI=1S/C13H21N3O2/c1-9(2)5-6-16(3)11-8-15-12(14)7-10(11)13(17)18-4/h7-9H,5-6H2,1-4H3,(H2,14,15). The van der Waals surface area contributed by atoms with E-state index in [9.17, 15) is 4.79 Å². The smallest absolute Gasteiger partial charge is 0.340 e. The van der Waals surface area contributed by atoms with Crippen LogP contribution in [0.25, 0.3) is 0 Å². The van der Waals surface area contributed by atoms with Gasteiger partial charge >= 0.3 is 5.97 Å². The molecular weight excluding hydrogens is 230 g/mol. The molecule has 18 heavy (non-hydrogen) atoms. The molecule has 0 atom stereocenters. The molecule has 1 rings (SSSR count). The third-order valence-corrected chi connectivity index (χ3v) is 2.76. The van der Waals surface area contributed by atoms with Crippen molar-refractivity contribution in [3.8, 4) is 0 Å². The minimum Gasteiger partial charge on any atom is -0.465 e. The highest BCUT2D eigenvalue weighted by atomic mass is 16.5. The molecule has 1 aromatic rings. The molecular formula is C13H21N3O2. The van der Waals surface area contributed by atoms with Crippen LogP contribution < -0.4 is 10.6 Å². The SMILES string of the molecule is COC(=O)c1cc(N)ncc1N(C)CCC(C)C. The van der Waals surface area contributed by atoms with Crippen LogP contribution in [0.1, 0.15) is 30.6 Å². The molecule has 0 saturated carbocycles. The van der Waals surface area contributed by atoms with Crippen molar-refractivity contribution in [2.75, 3.05) is 31.3 Å². The number of aromatic nitrogens is 1. The highest BCUT2D eigenvalue weighted by Gasteiger charge is 2.16. The number of nitrogens with two attached hydrogens (primary N) is 1. The first-order chi connectivity index (χ1) is 8.45. The number of pyridine rings is 1. The lowest BCUT2D eigenvalue weighted by Gasteiger charge is -2.22. The van der Waals surface area contributed by atoms with Gasteiger partial charge in [0, 0.05) is 13.6 Å². The Kier molecular flexibility index (Phi) is 4.95. The third-order valence-electron chi connectivity index (χ3n) is 2.76. The molecule has 0 unspecified atom stereocenters. The highest BCUT2D eigenvalue weighted by Crippen LogP contribution is 2.21. The van der Waals surface area contributed by atoms with Gasteiger partial charge in [0.05, 0.1) is 24.6 Å². The summed E-state index contributed by atoms with van der Waals surface area (Å²) in [5, 5.41) is 0. The summed E-state index contributed by atoms with van der Waals surface area (Å²) in [6.45, 7) is 5.18. The van der Waals surface area contributed by atoms with Gasteiger partial charge in [-0.2, -0.15) is 0 Å². The first-order valence-electron chi connectivity index (χ1n) is 6.00. The predicted octanol–water partition coefficient (Wildman–Crippen LogP) is 1.93. The molecule has 0 aliphatic heterocycles. The fourth-order valence-corrected chi connectivity index (χ4v) is 1.61. The highest BCUT2D eigenvalue weighted by molar-refractivity contribution is 5.96. The van der Waals surface area contributed by atoms with E-state index in [0.717, 1.165) is 18.7 Å². The van der Waals surface area contributed by atoms with Gasteiger partial charge in [-0.3, -0.25) is 0 Å². The molecule has 0 amide bonds. The Hall–Kier alpha value is -1.78. The van der Waals surface area contributed by atoms with Crippen molar-refractivity contribution in [1.82, 2.24) is 4.98 Å². The van der Waals surface area contributed by atoms with Gasteiger partial charge in [-0.05, 0) is 18.4 Å². The molecule has 0 spiro atoms. The molecule has 5 heteroatoms. The summed E-state index contributed by atoms with van der Waals surface area (Å²) in [6, 6.07) is 1.55. The average molecular weight is 251 g/mol. The van der Waals surface area contributed by atoms with Crippen molar-refractivity contribution in [2.45, 2.75) is 20.3 Å².